The lowest BCUT2D eigenvalue weighted by molar-refractivity contribution is 1.18. The number of rotatable bonds is 16. The van der Waals surface area contributed by atoms with Crippen molar-refractivity contribution < 1.29 is 0 Å². The van der Waals surface area contributed by atoms with E-state index in [1.165, 1.54) is 10.8 Å². The minimum atomic E-state index is 0.505. The Morgan fingerprint density at radius 3 is 0.868 bits per heavy atom. The monoisotopic (exact) mass is 1460 g/mol. The molecule has 534 valence electrons. The van der Waals surface area contributed by atoms with Crippen LogP contribution in [-0.4, -0.2) is 49.8 Å². The molecule has 19 aromatic rings. The molecule has 11 aromatic carbocycles. The largest absolute Gasteiger partial charge is 0.255 e. The molecule has 0 bridgehead atoms. The highest BCUT2D eigenvalue weighted by Crippen LogP contribution is 2.38. The summed E-state index contributed by atoms with van der Waals surface area (Å²) in [4.78, 5) is 48.9. The van der Waals surface area contributed by atoms with E-state index in [9.17, 15) is 5.26 Å². The highest BCUT2D eigenvalue weighted by molar-refractivity contribution is 5.98. The second-order valence-electron chi connectivity index (χ2n) is 27.5. The summed E-state index contributed by atoms with van der Waals surface area (Å²) in [6, 6.07) is 132. The number of aromatic nitrogens is 10. The van der Waals surface area contributed by atoms with Crippen LogP contribution >= 0.6 is 0 Å². The maximum Gasteiger partial charge on any atom is 0.160 e. The van der Waals surface area contributed by atoms with Gasteiger partial charge in [0, 0.05) is 69.3 Å². The van der Waals surface area contributed by atoms with Gasteiger partial charge in [0.25, 0.3) is 0 Å². The highest BCUT2D eigenvalue weighted by atomic mass is 14.9. The first kappa shape index (κ1) is 69.9. The van der Waals surface area contributed by atoms with Gasteiger partial charge in [-0.2, -0.15) is 5.26 Å². The Hall–Kier alpha value is -15.8. The fraction of sp³-hybridized carbons (Fsp3) is 0. The summed E-state index contributed by atoms with van der Waals surface area (Å²) < 4.78 is 0. The molecule has 11 heteroatoms. The molecule has 0 aliphatic heterocycles. The van der Waals surface area contributed by atoms with Gasteiger partial charge in [-0.25, -0.2) is 29.9 Å². The van der Waals surface area contributed by atoms with Crippen LogP contribution in [0.4, 0.5) is 0 Å². The number of pyridine rings is 6. The Morgan fingerprint density at radius 1 is 0.184 bits per heavy atom. The van der Waals surface area contributed by atoms with Gasteiger partial charge in [0.05, 0.1) is 73.9 Å². The van der Waals surface area contributed by atoms with Crippen molar-refractivity contribution in [2.75, 3.05) is 0 Å². The zero-order valence-corrected chi connectivity index (χ0v) is 61.6. The van der Waals surface area contributed by atoms with E-state index >= 15 is 0 Å². The fourth-order valence-corrected chi connectivity index (χ4v) is 14.1. The van der Waals surface area contributed by atoms with Gasteiger partial charge in [0.2, 0.25) is 0 Å². The quantitative estimate of drug-likeness (QED) is 0.0908. The van der Waals surface area contributed by atoms with E-state index in [-0.39, 0.29) is 0 Å². The van der Waals surface area contributed by atoms with Crippen LogP contribution in [-0.2, 0) is 0 Å². The van der Waals surface area contributed by atoms with E-state index in [0.717, 1.165) is 157 Å². The van der Waals surface area contributed by atoms with Crippen molar-refractivity contribution >= 4 is 10.8 Å². The summed E-state index contributed by atoms with van der Waals surface area (Å²) in [6.07, 6.45) is 7.20. The van der Waals surface area contributed by atoms with Gasteiger partial charge in [0.1, 0.15) is 6.07 Å². The molecule has 0 saturated heterocycles. The number of hydrogen-bond acceptors (Lipinski definition) is 11. The van der Waals surface area contributed by atoms with Crippen molar-refractivity contribution in [3.63, 3.8) is 0 Å². The first-order valence-corrected chi connectivity index (χ1v) is 37.6. The molecular weight excluding hydrogens is 1390 g/mol. The van der Waals surface area contributed by atoms with Crippen LogP contribution in [0.15, 0.2) is 407 Å². The Balaban J connectivity index is 0.000000159. The summed E-state index contributed by atoms with van der Waals surface area (Å²) >= 11 is 0. The van der Waals surface area contributed by atoms with E-state index in [2.05, 4.69) is 265 Å². The molecule has 114 heavy (non-hydrogen) atoms. The van der Waals surface area contributed by atoms with Crippen molar-refractivity contribution in [3.8, 4) is 186 Å². The molecule has 19 rings (SSSR count). The molecule has 0 N–H and O–H groups in total. The van der Waals surface area contributed by atoms with Gasteiger partial charge >= 0.3 is 0 Å². The number of benzene rings is 11. The first-order valence-electron chi connectivity index (χ1n) is 37.6. The minimum Gasteiger partial charge on any atom is -0.255 e. The third-order valence-electron chi connectivity index (χ3n) is 20.1. The lowest BCUT2D eigenvalue weighted by Gasteiger charge is -2.12. The first-order chi connectivity index (χ1) is 56.4. The number of hydrogen-bond donors (Lipinski definition) is 0. The Morgan fingerprint density at radius 2 is 0.500 bits per heavy atom. The van der Waals surface area contributed by atoms with Crippen LogP contribution in [0.25, 0.3) is 191 Å². The Kier molecular flexibility index (Phi) is 19.8. The normalized spacial score (nSPS) is 11.0. The smallest absolute Gasteiger partial charge is 0.160 e. The van der Waals surface area contributed by atoms with Gasteiger partial charge in [-0.05, 0) is 139 Å². The zero-order chi connectivity index (χ0) is 76.4. The number of nitriles is 1. The van der Waals surface area contributed by atoms with E-state index in [1.807, 2.05) is 140 Å². The summed E-state index contributed by atoms with van der Waals surface area (Å²) in [6.45, 7) is 0. The molecule has 0 saturated carbocycles. The van der Waals surface area contributed by atoms with Crippen LogP contribution in [0.2, 0.25) is 0 Å². The topological polar surface area (TPSA) is 153 Å². The average Bonchev–Trinajstić information content (AvgIpc) is 0.770. The van der Waals surface area contributed by atoms with Crippen LogP contribution in [0, 0.1) is 11.3 Å². The van der Waals surface area contributed by atoms with Gasteiger partial charge in [-0.15, -0.1) is 0 Å². The van der Waals surface area contributed by atoms with Crippen molar-refractivity contribution in [1.82, 2.24) is 49.8 Å². The third kappa shape index (κ3) is 15.5. The van der Waals surface area contributed by atoms with E-state index < -0.39 is 0 Å². The number of fused-ring (bicyclic) bond motifs is 1. The van der Waals surface area contributed by atoms with Gasteiger partial charge < -0.3 is 0 Å². The van der Waals surface area contributed by atoms with E-state index in [0.29, 0.717) is 28.6 Å². The van der Waals surface area contributed by atoms with Crippen molar-refractivity contribution in [1.29, 1.82) is 5.26 Å². The predicted molar refractivity (Wildman–Crippen MR) is 460 cm³/mol. The summed E-state index contributed by atoms with van der Waals surface area (Å²) in [5, 5.41) is 11.6. The number of nitrogens with zero attached hydrogens (tertiary/aromatic N) is 11. The molecule has 11 nitrogen and oxygen atoms in total. The maximum absolute atomic E-state index is 9.25. The van der Waals surface area contributed by atoms with Gasteiger partial charge in [0.15, 0.2) is 11.6 Å². The standard InChI is InChI=1S/C53H35N5.C50H32N6/c1-3-13-40(14-4-1)49-34-50(41-15-5-2-6-16-41)58-53(57-49)42-27-25-37(26-28-42)36-21-23-38(24-22-36)43-29-30-48(55-35-43)52-33-44(32-51(56-52)47-20-9-10-31-54-47)46-19-11-17-39-12-7-8-18-45(39)46;51-31-34-16-26-44(52-32-34)48-28-43(35-10-4-1-5-11-35)29-49(54-48)45-27-25-42(33-53-45)38-19-17-36(18-20-38)37-21-23-41(24-22-37)50-55-46(39-12-6-2-7-13-39)30-47(56-50)40-14-8-3-9-15-40/h1-35H;1-30,32-33H. The molecule has 8 heterocycles. The fourth-order valence-electron chi connectivity index (χ4n) is 14.1. The van der Waals surface area contributed by atoms with Crippen molar-refractivity contribution in [3.05, 3.63) is 413 Å². The minimum absolute atomic E-state index is 0.505. The zero-order valence-electron chi connectivity index (χ0n) is 61.6. The molecule has 0 aliphatic rings. The summed E-state index contributed by atoms with van der Waals surface area (Å²) in [7, 11) is 0. The van der Waals surface area contributed by atoms with Crippen LogP contribution in [0.5, 0.6) is 0 Å². The molecule has 0 fully saturated rings. The highest BCUT2D eigenvalue weighted by Gasteiger charge is 2.18. The molecule has 0 amide bonds. The van der Waals surface area contributed by atoms with Crippen molar-refractivity contribution in [2.24, 2.45) is 0 Å². The Bertz CT molecular complexity index is 6500. The van der Waals surface area contributed by atoms with Gasteiger partial charge in [-0.1, -0.05) is 309 Å². The van der Waals surface area contributed by atoms with Crippen LogP contribution in [0.1, 0.15) is 5.56 Å². The molecular formula is C103H67N11. The molecule has 0 unspecified atom stereocenters. The predicted octanol–water partition coefficient (Wildman–Crippen LogP) is 25.0. The van der Waals surface area contributed by atoms with E-state index in [4.69, 9.17) is 39.9 Å². The molecule has 8 aromatic heterocycles. The Labute approximate surface area is 660 Å². The van der Waals surface area contributed by atoms with E-state index in [1.54, 1.807) is 18.5 Å². The lowest BCUT2D eigenvalue weighted by Crippen LogP contribution is -1.95. The van der Waals surface area contributed by atoms with Crippen LogP contribution in [0.3, 0.4) is 0 Å². The molecule has 0 aliphatic carbocycles. The maximum atomic E-state index is 9.25. The van der Waals surface area contributed by atoms with Crippen molar-refractivity contribution in [2.45, 2.75) is 0 Å². The van der Waals surface area contributed by atoms with Crippen LogP contribution < -0.4 is 0 Å². The molecule has 0 radical (unpaired) electrons. The second-order valence-corrected chi connectivity index (χ2v) is 27.5. The SMILES string of the molecule is N#Cc1ccc(-c2cc(-c3ccccc3)cc(-c3ccc(-c4ccc(-c5ccc(-c6nc(-c7ccccc7)cc(-c7ccccc7)n6)cc5)cc4)cn3)n2)nc1.c1ccc(-c2cc(-c3ccccc3)nc(-c3ccc(-c4ccc(-c5ccc(-c6cc(-c7cccc8ccccc78)cc(-c7ccccn7)n6)nc5)cc4)cc3)n2)cc1. The summed E-state index contributed by atoms with van der Waals surface area (Å²) in [5.74, 6) is 1.38. The second kappa shape index (κ2) is 32.2. The third-order valence-corrected chi connectivity index (χ3v) is 20.1. The summed E-state index contributed by atoms with van der Waals surface area (Å²) in [5.41, 5.74) is 29.3. The average molecular weight is 1460 g/mol. The van der Waals surface area contributed by atoms with Gasteiger partial charge in [-0.3, -0.25) is 19.9 Å². The molecule has 0 atom stereocenters. The molecule has 0 spiro atoms. The lowest BCUT2D eigenvalue weighted by atomic mass is 9.96.